The first-order valence-electron chi connectivity index (χ1n) is 10.2. The van der Waals surface area contributed by atoms with Crippen LogP contribution in [-0.4, -0.2) is 71.9 Å². The zero-order chi connectivity index (χ0) is 21.2. The fourth-order valence-corrected chi connectivity index (χ4v) is 3.43. The highest BCUT2D eigenvalue weighted by Crippen LogP contribution is 2.13. The number of hydrogen-bond donors (Lipinski definition) is 1. The Morgan fingerprint density at radius 2 is 2.03 bits per heavy atom. The maximum atomic E-state index is 11.8. The highest BCUT2D eigenvalue weighted by molar-refractivity contribution is 7.80. The number of hydrogen-bond acceptors (Lipinski definition) is 6. The van der Waals surface area contributed by atoms with Crippen LogP contribution >= 0.6 is 12.2 Å². The van der Waals surface area contributed by atoms with Gasteiger partial charge in [-0.1, -0.05) is 6.07 Å². The standard InChI is InChI=1S/C22H28N4O3S/c1-2-29-21(27)19-5-7-20(8-6-19)24-22(30)26(17-18-4-3-9-23-16-18)11-10-25-12-14-28-15-13-25/h3-9,16H,2,10-15,17H2,1H3,(H,24,30). The fourth-order valence-electron chi connectivity index (χ4n) is 3.16. The van der Waals surface area contributed by atoms with Crippen molar-refractivity contribution in [3.8, 4) is 0 Å². The molecule has 2 heterocycles. The van der Waals surface area contributed by atoms with Crippen LogP contribution in [0.25, 0.3) is 0 Å². The van der Waals surface area contributed by atoms with Gasteiger partial charge >= 0.3 is 5.97 Å². The predicted octanol–water partition coefficient (Wildman–Crippen LogP) is 2.79. The van der Waals surface area contributed by atoms with Crippen molar-refractivity contribution in [1.82, 2.24) is 14.8 Å². The molecular weight excluding hydrogens is 400 g/mol. The maximum absolute atomic E-state index is 11.8. The van der Waals surface area contributed by atoms with Crippen molar-refractivity contribution in [3.05, 3.63) is 59.9 Å². The topological polar surface area (TPSA) is 66.9 Å². The van der Waals surface area contributed by atoms with Crippen LogP contribution in [0.1, 0.15) is 22.8 Å². The normalized spacial score (nSPS) is 14.2. The molecule has 1 saturated heterocycles. The molecule has 0 bridgehead atoms. The van der Waals surface area contributed by atoms with Crippen LogP contribution in [0.3, 0.4) is 0 Å². The van der Waals surface area contributed by atoms with E-state index >= 15 is 0 Å². The van der Waals surface area contributed by atoms with Crippen LogP contribution in [0.15, 0.2) is 48.8 Å². The molecule has 0 atom stereocenters. The number of pyridine rings is 1. The van der Waals surface area contributed by atoms with E-state index in [1.54, 1.807) is 25.3 Å². The average molecular weight is 429 g/mol. The molecule has 0 radical (unpaired) electrons. The van der Waals surface area contributed by atoms with E-state index in [0.717, 1.165) is 50.6 Å². The summed E-state index contributed by atoms with van der Waals surface area (Å²) in [6, 6.07) is 11.1. The third-order valence-corrected chi connectivity index (χ3v) is 5.18. The Morgan fingerprint density at radius 3 is 2.70 bits per heavy atom. The van der Waals surface area contributed by atoms with Gasteiger partial charge in [-0.15, -0.1) is 0 Å². The van der Waals surface area contributed by atoms with Crippen LogP contribution in [0.5, 0.6) is 0 Å². The summed E-state index contributed by atoms with van der Waals surface area (Å²) in [5, 5.41) is 3.92. The van der Waals surface area contributed by atoms with E-state index in [-0.39, 0.29) is 5.97 Å². The second kappa shape index (κ2) is 11.6. The molecule has 8 heteroatoms. The summed E-state index contributed by atoms with van der Waals surface area (Å²) in [7, 11) is 0. The Morgan fingerprint density at radius 1 is 1.27 bits per heavy atom. The second-order valence-electron chi connectivity index (χ2n) is 6.96. The number of rotatable bonds is 8. The Hall–Kier alpha value is -2.55. The average Bonchev–Trinajstić information content (AvgIpc) is 2.78. The van der Waals surface area contributed by atoms with Crippen LogP contribution in [0, 0.1) is 0 Å². The zero-order valence-corrected chi connectivity index (χ0v) is 18.1. The Kier molecular flexibility index (Phi) is 8.55. The SMILES string of the molecule is CCOC(=O)c1ccc(NC(=S)N(CCN2CCOCC2)Cc2cccnc2)cc1. The van der Waals surface area contributed by atoms with E-state index in [9.17, 15) is 4.79 Å². The number of thiocarbonyl (C=S) groups is 1. The summed E-state index contributed by atoms with van der Waals surface area (Å²) in [4.78, 5) is 20.6. The molecule has 0 unspecified atom stereocenters. The molecule has 2 aromatic rings. The first-order chi connectivity index (χ1) is 14.7. The summed E-state index contributed by atoms with van der Waals surface area (Å²) in [6.07, 6.45) is 3.63. The van der Waals surface area contributed by atoms with Gasteiger partial charge in [-0.25, -0.2) is 4.79 Å². The van der Waals surface area contributed by atoms with Gasteiger partial charge in [0.15, 0.2) is 5.11 Å². The predicted molar refractivity (Wildman–Crippen MR) is 121 cm³/mol. The first kappa shape index (κ1) is 22.1. The number of carbonyl (C=O) groups is 1. The fraction of sp³-hybridized carbons (Fsp3) is 0.409. The lowest BCUT2D eigenvalue weighted by atomic mass is 10.2. The summed E-state index contributed by atoms with van der Waals surface area (Å²) in [5.74, 6) is -0.324. The molecule has 1 aromatic heterocycles. The summed E-state index contributed by atoms with van der Waals surface area (Å²) >= 11 is 5.71. The van der Waals surface area contributed by atoms with Gasteiger partial charge in [-0.2, -0.15) is 0 Å². The number of aromatic nitrogens is 1. The summed E-state index contributed by atoms with van der Waals surface area (Å²) in [6.45, 7) is 7.96. The third-order valence-electron chi connectivity index (χ3n) is 4.82. The molecule has 1 aromatic carbocycles. The summed E-state index contributed by atoms with van der Waals surface area (Å²) < 4.78 is 10.5. The lowest BCUT2D eigenvalue weighted by Crippen LogP contribution is -2.44. The number of nitrogens with zero attached hydrogens (tertiary/aromatic N) is 3. The number of benzene rings is 1. The molecule has 0 spiro atoms. The zero-order valence-electron chi connectivity index (χ0n) is 17.3. The van der Waals surface area contributed by atoms with Crippen LogP contribution in [0.4, 0.5) is 5.69 Å². The molecule has 1 aliphatic heterocycles. The smallest absolute Gasteiger partial charge is 0.338 e. The van der Waals surface area contributed by atoms with Gasteiger partial charge in [0.2, 0.25) is 0 Å². The monoisotopic (exact) mass is 428 g/mol. The molecule has 160 valence electrons. The van der Waals surface area contributed by atoms with Gasteiger partial charge in [-0.05, 0) is 55.0 Å². The molecule has 30 heavy (non-hydrogen) atoms. The van der Waals surface area contributed by atoms with Crippen LogP contribution < -0.4 is 5.32 Å². The molecule has 1 aliphatic rings. The molecular formula is C22H28N4O3S. The van der Waals surface area contributed by atoms with Gasteiger partial charge < -0.3 is 19.7 Å². The number of nitrogens with one attached hydrogen (secondary N) is 1. The molecule has 1 N–H and O–H groups in total. The minimum atomic E-state index is -0.324. The number of anilines is 1. The van der Waals surface area contributed by atoms with Gasteiger partial charge in [0.1, 0.15) is 0 Å². The van der Waals surface area contributed by atoms with Gasteiger partial charge in [-0.3, -0.25) is 9.88 Å². The largest absolute Gasteiger partial charge is 0.462 e. The van der Waals surface area contributed by atoms with E-state index in [0.29, 0.717) is 23.8 Å². The Bertz CT molecular complexity index is 811. The third kappa shape index (κ3) is 6.76. The number of morpholine rings is 1. The lowest BCUT2D eigenvalue weighted by Gasteiger charge is -2.31. The van der Waals surface area contributed by atoms with Gasteiger partial charge in [0.25, 0.3) is 0 Å². The minimum absolute atomic E-state index is 0.324. The van der Waals surface area contributed by atoms with Crippen molar-refractivity contribution in [2.45, 2.75) is 13.5 Å². The molecule has 1 fully saturated rings. The quantitative estimate of drug-likeness (QED) is 0.509. The van der Waals surface area contributed by atoms with E-state index in [1.165, 1.54) is 0 Å². The van der Waals surface area contributed by atoms with Crippen LogP contribution in [0.2, 0.25) is 0 Å². The minimum Gasteiger partial charge on any atom is -0.462 e. The molecule has 0 saturated carbocycles. The van der Waals surface area contributed by atoms with Crippen molar-refractivity contribution in [1.29, 1.82) is 0 Å². The highest BCUT2D eigenvalue weighted by Gasteiger charge is 2.16. The van der Waals surface area contributed by atoms with Crippen molar-refractivity contribution in [3.63, 3.8) is 0 Å². The van der Waals surface area contributed by atoms with E-state index in [1.807, 2.05) is 30.5 Å². The van der Waals surface area contributed by atoms with E-state index < -0.39 is 0 Å². The van der Waals surface area contributed by atoms with Crippen molar-refractivity contribution >= 4 is 29.0 Å². The Balaban J connectivity index is 1.63. The second-order valence-corrected chi connectivity index (χ2v) is 7.35. The number of esters is 1. The van der Waals surface area contributed by atoms with Gasteiger partial charge in [0, 0.05) is 50.8 Å². The maximum Gasteiger partial charge on any atom is 0.338 e. The lowest BCUT2D eigenvalue weighted by molar-refractivity contribution is 0.0358. The number of carbonyl (C=O) groups excluding carboxylic acids is 1. The molecule has 0 aliphatic carbocycles. The van der Waals surface area contributed by atoms with Crippen molar-refractivity contribution in [2.75, 3.05) is 51.3 Å². The molecule has 7 nitrogen and oxygen atoms in total. The highest BCUT2D eigenvalue weighted by atomic mass is 32.1. The van der Waals surface area contributed by atoms with Crippen LogP contribution in [-0.2, 0) is 16.0 Å². The first-order valence-corrected chi connectivity index (χ1v) is 10.6. The Labute approximate surface area is 183 Å². The van der Waals surface area contributed by atoms with Gasteiger partial charge in [0.05, 0.1) is 25.4 Å². The molecule has 3 rings (SSSR count). The van der Waals surface area contributed by atoms with E-state index in [4.69, 9.17) is 21.7 Å². The summed E-state index contributed by atoms with van der Waals surface area (Å²) in [5.41, 5.74) is 2.45. The van der Waals surface area contributed by atoms with Crippen molar-refractivity contribution in [2.24, 2.45) is 0 Å². The van der Waals surface area contributed by atoms with Crippen molar-refractivity contribution < 1.29 is 14.3 Å². The number of ether oxygens (including phenoxy) is 2. The van der Waals surface area contributed by atoms with E-state index in [2.05, 4.69) is 20.1 Å². The molecule has 0 amide bonds.